The van der Waals surface area contributed by atoms with E-state index in [0.717, 1.165) is 4.47 Å². The van der Waals surface area contributed by atoms with Crippen LogP contribution in [0.5, 0.6) is 11.5 Å². The second-order valence-electron chi connectivity index (χ2n) is 8.31. The molecule has 3 aromatic rings. The smallest absolute Gasteiger partial charge is 0.252 e. The Hall–Kier alpha value is -2.76. The maximum Gasteiger partial charge on any atom is 0.252 e. The van der Waals surface area contributed by atoms with Gasteiger partial charge in [0.25, 0.3) is 5.91 Å². The normalized spacial score (nSPS) is 13.1. The van der Waals surface area contributed by atoms with E-state index < -0.39 is 0 Å². The van der Waals surface area contributed by atoms with E-state index in [4.69, 9.17) is 21.1 Å². The highest BCUT2D eigenvalue weighted by Gasteiger charge is 2.27. The molecule has 1 aliphatic rings. The van der Waals surface area contributed by atoms with Gasteiger partial charge in [-0.05, 0) is 65.2 Å². The lowest BCUT2D eigenvalue weighted by Crippen LogP contribution is -2.33. The van der Waals surface area contributed by atoms with Crippen LogP contribution in [-0.4, -0.2) is 39.1 Å². The molecule has 0 spiro atoms. The summed E-state index contributed by atoms with van der Waals surface area (Å²) < 4.78 is 13.4. The van der Waals surface area contributed by atoms with Crippen molar-refractivity contribution in [3.63, 3.8) is 0 Å². The summed E-state index contributed by atoms with van der Waals surface area (Å²) in [5.74, 6) is 1.53. The van der Waals surface area contributed by atoms with E-state index in [1.165, 1.54) is 11.8 Å². The molecule has 0 saturated heterocycles. The molecule has 0 saturated carbocycles. The van der Waals surface area contributed by atoms with E-state index in [-0.39, 0.29) is 36.3 Å². The van der Waals surface area contributed by atoms with Gasteiger partial charge < -0.3 is 24.7 Å². The highest BCUT2D eigenvalue weighted by molar-refractivity contribution is 9.10. The number of thioether (sulfide) groups is 1. The van der Waals surface area contributed by atoms with Gasteiger partial charge in [-0.2, -0.15) is 0 Å². The van der Waals surface area contributed by atoms with Crippen molar-refractivity contribution in [3.8, 4) is 11.5 Å². The predicted molar refractivity (Wildman–Crippen MR) is 142 cm³/mol. The maximum absolute atomic E-state index is 13.0. The third-order valence-electron chi connectivity index (χ3n) is 5.46. The number of hydrogen-bond acceptors (Lipinski definition) is 7. The topological polar surface area (TPSA) is 107 Å². The zero-order chi connectivity index (χ0) is 25.8. The van der Waals surface area contributed by atoms with Gasteiger partial charge in [-0.15, -0.1) is 10.2 Å². The number of nitrogens with one attached hydrogen (secondary N) is 2. The molecule has 1 atom stereocenters. The van der Waals surface area contributed by atoms with Crippen LogP contribution in [-0.2, 0) is 11.3 Å². The first-order valence-electron chi connectivity index (χ1n) is 11.3. The number of aromatic nitrogens is 3. The number of carbonyl (C=O) groups excluding carboxylic acids is 2. The number of rotatable bonds is 9. The number of anilines is 1. The van der Waals surface area contributed by atoms with Gasteiger partial charge in [0.05, 0.1) is 16.8 Å². The van der Waals surface area contributed by atoms with Crippen LogP contribution < -0.4 is 20.1 Å². The van der Waals surface area contributed by atoms with Crippen LogP contribution in [0.2, 0.25) is 5.02 Å². The zero-order valence-electron chi connectivity index (χ0n) is 19.9. The molecular weight excluding hydrogens is 570 g/mol. The lowest BCUT2D eigenvalue weighted by atomic mass is 10.0. The number of halogens is 2. The second kappa shape index (κ2) is 11.5. The molecule has 0 fully saturated rings. The Morgan fingerprint density at radius 2 is 1.94 bits per heavy atom. The molecule has 36 heavy (non-hydrogen) atoms. The Bertz CT molecular complexity index is 1290. The first-order valence-corrected chi connectivity index (χ1v) is 13.4. The summed E-state index contributed by atoms with van der Waals surface area (Å²) in [6.45, 7) is 6.70. The number of fused-ring (bicyclic) bond motifs is 1. The summed E-state index contributed by atoms with van der Waals surface area (Å²) in [7, 11) is 0. The summed E-state index contributed by atoms with van der Waals surface area (Å²) >= 11 is 10.7. The zero-order valence-corrected chi connectivity index (χ0v) is 23.0. The average molecular weight is 595 g/mol. The highest BCUT2D eigenvalue weighted by Crippen LogP contribution is 2.33. The average Bonchev–Trinajstić information content (AvgIpc) is 3.49. The number of benzene rings is 2. The lowest BCUT2D eigenvalue weighted by molar-refractivity contribution is -0.113. The molecule has 1 aromatic heterocycles. The van der Waals surface area contributed by atoms with Crippen molar-refractivity contribution in [1.29, 1.82) is 0 Å². The number of hydrogen-bond donors (Lipinski definition) is 2. The van der Waals surface area contributed by atoms with Crippen molar-refractivity contribution in [2.75, 3.05) is 17.9 Å². The molecule has 0 bridgehead atoms. The second-order valence-corrected chi connectivity index (χ2v) is 10.5. The molecule has 1 unspecified atom stereocenters. The summed E-state index contributed by atoms with van der Waals surface area (Å²) in [5.41, 5.74) is 1.07. The van der Waals surface area contributed by atoms with Crippen molar-refractivity contribution in [1.82, 2.24) is 20.1 Å². The van der Waals surface area contributed by atoms with Gasteiger partial charge in [-0.1, -0.05) is 37.2 Å². The molecule has 2 heterocycles. The van der Waals surface area contributed by atoms with Gasteiger partial charge in [-0.25, -0.2) is 0 Å². The summed E-state index contributed by atoms with van der Waals surface area (Å²) in [6, 6.07) is 9.91. The van der Waals surface area contributed by atoms with E-state index in [1.54, 1.807) is 36.4 Å². The molecule has 2 aromatic carbocycles. The van der Waals surface area contributed by atoms with Crippen LogP contribution in [0.4, 0.5) is 5.69 Å². The number of ether oxygens (including phenoxy) is 2. The Balaban J connectivity index is 1.44. The van der Waals surface area contributed by atoms with E-state index in [0.29, 0.717) is 45.3 Å². The Kier molecular flexibility index (Phi) is 8.43. The van der Waals surface area contributed by atoms with E-state index in [9.17, 15) is 9.59 Å². The highest BCUT2D eigenvalue weighted by atomic mass is 79.9. The fourth-order valence-electron chi connectivity index (χ4n) is 3.63. The molecule has 4 rings (SSSR count). The predicted octanol–water partition coefficient (Wildman–Crippen LogP) is 5.30. The summed E-state index contributed by atoms with van der Waals surface area (Å²) in [5, 5.41) is 15.7. The quantitative estimate of drug-likeness (QED) is 0.324. The summed E-state index contributed by atoms with van der Waals surface area (Å²) in [4.78, 5) is 25.5. The van der Waals surface area contributed by atoms with E-state index in [2.05, 4.69) is 36.8 Å². The van der Waals surface area contributed by atoms with Crippen molar-refractivity contribution in [2.24, 2.45) is 5.92 Å². The SMILES string of the molecule is CCn1c(SCC(=O)Nc2ccc(Br)c(Cl)c2)nnc1C(NC(=O)c1ccc2c(c1)OCO2)C(C)C. The minimum atomic E-state index is -0.386. The minimum absolute atomic E-state index is 0.0424. The number of amides is 2. The van der Waals surface area contributed by atoms with Crippen LogP contribution in [0.15, 0.2) is 46.0 Å². The third kappa shape index (κ3) is 5.96. The van der Waals surface area contributed by atoms with Crippen LogP contribution in [0, 0.1) is 5.92 Å². The Morgan fingerprint density at radius 3 is 2.67 bits per heavy atom. The van der Waals surface area contributed by atoms with Crippen molar-refractivity contribution < 1.29 is 19.1 Å². The number of nitrogens with zero attached hydrogens (tertiary/aromatic N) is 3. The molecule has 1 aliphatic heterocycles. The lowest BCUT2D eigenvalue weighted by Gasteiger charge is -2.22. The third-order valence-corrected chi connectivity index (χ3v) is 7.66. The number of carbonyl (C=O) groups is 2. The minimum Gasteiger partial charge on any atom is -0.454 e. The molecule has 0 radical (unpaired) electrons. The molecule has 2 amide bonds. The standard InChI is InChI=1S/C24H25BrClN5O4S/c1-4-31-22(21(13(2)3)28-23(33)14-5-8-18-19(9-14)35-12-34-18)29-30-24(31)36-11-20(32)27-15-6-7-16(25)17(26)10-15/h5-10,13,21H,4,11-12H2,1-3H3,(H,27,32)(H,28,33). The monoisotopic (exact) mass is 593 g/mol. The Labute approximate surface area is 226 Å². The van der Waals surface area contributed by atoms with Crippen LogP contribution >= 0.6 is 39.3 Å². The van der Waals surface area contributed by atoms with Gasteiger partial charge in [0.15, 0.2) is 22.5 Å². The maximum atomic E-state index is 13.0. The first-order chi connectivity index (χ1) is 17.3. The fourth-order valence-corrected chi connectivity index (χ4v) is 4.86. The van der Waals surface area contributed by atoms with Crippen molar-refractivity contribution in [3.05, 3.63) is 57.3 Å². The van der Waals surface area contributed by atoms with E-state index in [1.807, 2.05) is 25.3 Å². The molecule has 0 aliphatic carbocycles. The van der Waals surface area contributed by atoms with Gasteiger partial charge in [0.2, 0.25) is 12.7 Å². The van der Waals surface area contributed by atoms with Crippen LogP contribution in [0.25, 0.3) is 0 Å². The van der Waals surface area contributed by atoms with Crippen LogP contribution in [0.1, 0.15) is 43.0 Å². The fraction of sp³-hybridized carbons (Fsp3) is 0.333. The van der Waals surface area contributed by atoms with Gasteiger partial charge in [0.1, 0.15) is 0 Å². The van der Waals surface area contributed by atoms with Gasteiger partial charge >= 0.3 is 0 Å². The molecular formula is C24H25BrClN5O4S. The van der Waals surface area contributed by atoms with Gasteiger partial charge in [0, 0.05) is 22.3 Å². The molecule has 190 valence electrons. The first kappa shape index (κ1) is 26.3. The molecule has 12 heteroatoms. The summed E-state index contributed by atoms with van der Waals surface area (Å²) in [6.07, 6.45) is 0. The van der Waals surface area contributed by atoms with E-state index >= 15 is 0 Å². The van der Waals surface area contributed by atoms with Crippen LogP contribution in [0.3, 0.4) is 0 Å². The molecule has 2 N–H and O–H groups in total. The largest absolute Gasteiger partial charge is 0.454 e. The van der Waals surface area contributed by atoms with Crippen molar-refractivity contribution >= 4 is 56.8 Å². The van der Waals surface area contributed by atoms with Gasteiger partial charge in [-0.3, -0.25) is 9.59 Å². The van der Waals surface area contributed by atoms with Crippen molar-refractivity contribution in [2.45, 2.75) is 38.5 Å². The molecule has 9 nitrogen and oxygen atoms in total. The Morgan fingerprint density at radius 1 is 1.17 bits per heavy atom.